The second-order valence-electron chi connectivity index (χ2n) is 4.32. The van der Waals surface area contributed by atoms with E-state index < -0.39 is 0 Å². The smallest absolute Gasteiger partial charge is 0.166 e. The standard InChI is InChI=1S/C12H16BrFN2/c13-9-7-11(14)12(15-8-9)16-10-5-3-1-2-4-6-10/h7-8,10H,1-6H2,(H,15,16). The quantitative estimate of drug-likeness (QED) is 0.828. The van der Waals surface area contributed by atoms with E-state index in [0.717, 1.165) is 12.8 Å². The molecule has 1 saturated carbocycles. The topological polar surface area (TPSA) is 24.9 Å². The number of hydrogen-bond donors (Lipinski definition) is 1. The first-order valence-electron chi connectivity index (χ1n) is 5.83. The number of nitrogens with one attached hydrogen (secondary N) is 1. The number of rotatable bonds is 2. The predicted octanol–water partition coefficient (Wildman–Crippen LogP) is 4.12. The highest BCUT2D eigenvalue weighted by Crippen LogP contribution is 2.22. The van der Waals surface area contributed by atoms with Gasteiger partial charge in [-0.2, -0.15) is 0 Å². The highest BCUT2D eigenvalue weighted by Gasteiger charge is 2.14. The maximum Gasteiger partial charge on any atom is 0.166 e. The van der Waals surface area contributed by atoms with Crippen molar-refractivity contribution < 1.29 is 4.39 Å². The third-order valence-electron chi connectivity index (χ3n) is 3.00. The minimum Gasteiger partial charge on any atom is -0.365 e. The monoisotopic (exact) mass is 286 g/mol. The van der Waals surface area contributed by atoms with Gasteiger partial charge in [0.1, 0.15) is 0 Å². The van der Waals surface area contributed by atoms with Gasteiger partial charge >= 0.3 is 0 Å². The summed E-state index contributed by atoms with van der Waals surface area (Å²) >= 11 is 3.20. The van der Waals surface area contributed by atoms with Gasteiger partial charge in [0.05, 0.1) is 0 Å². The van der Waals surface area contributed by atoms with E-state index in [4.69, 9.17) is 0 Å². The van der Waals surface area contributed by atoms with E-state index in [1.807, 2.05) is 0 Å². The van der Waals surface area contributed by atoms with E-state index in [0.29, 0.717) is 16.3 Å². The Bertz CT molecular complexity index is 349. The van der Waals surface area contributed by atoms with Crippen LogP contribution < -0.4 is 5.32 Å². The molecule has 1 N–H and O–H groups in total. The van der Waals surface area contributed by atoms with Crippen molar-refractivity contribution in [2.75, 3.05) is 5.32 Å². The Morgan fingerprint density at radius 3 is 2.56 bits per heavy atom. The lowest BCUT2D eigenvalue weighted by Crippen LogP contribution is -2.19. The SMILES string of the molecule is Fc1cc(Br)cnc1NC1CCCCCC1. The van der Waals surface area contributed by atoms with Gasteiger partial charge < -0.3 is 5.32 Å². The number of pyridine rings is 1. The predicted molar refractivity (Wildman–Crippen MR) is 67.0 cm³/mol. The van der Waals surface area contributed by atoms with Crippen LogP contribution in [-0.2, 0) is 0 Å². The zero-order valence-electron chi connectivity index (χ0n) is 9.18. The molecule has 16 heavy (non-hydrogen) atoms. The maximum atomic E-state index is 13.6. The largest absolute Gasteiger partial charge is 0.365 e. The molecule has 0 spiro atoms. The molecule has 0 bridgehead atoms. The second-order valence-corrected chi connectivity index (χ2v) is 5.23. The third kappa shape index (κ3) is 3.17. The number of halogens is 2. The lowest BCUT2D eigenvalue weighted by molar-refractivity contribution is 0.590. The fraction of sp³-hybridized carbons (Fsp3) is 0.583. The Kier molecular flexibility index (Phi) is 4.16. The summed E-state index contributed by atoms with van der Waals surface area (Å²) in [5.74, 6) is 0.105. The zero-order valence-corrected chi connectivity index (χ0v) is 10.8. The molecule has 2 nitrogen and oxygen atoms in total. The van der Waals surface area contributed by atoms with E-state index in [-0.39, 0.29) is 5.82 Å². The van der Waals surface area contributed by atoms with Crippen LogP contribution in [0.4, 0.5) is 10.2 Å². The van der Waals surface area contributed by atoms with Crippen molar-refractivity contribution in [1.29, 1.82) is 0 Å². The van der Waals surface area contributed by atoms with Crippen LogP contribution in [0.3, 0.4) is 0 Å². The zero-order chi connectivity index (χ0) is 11.4. The molecule has 0 aliphatic heterocycles. The highest BCUT2D eigenvalue weighted by molar-refractivity contribution is 9.10. The Balaban J connectivity index is 2.01. The van der Waals surface area contributed by atoms with Gasteiger partial charge in [0, 0.05) is 16.7 Å². The molecular weight excluding hydrogens is 271 g/mol. The summed E-state index contributed by atoms with van der Waals surface area (Å²) in [4.78, 5) is 4.07. The Hall–Kier alpha value is -0.640. The molecule has 0 atom stereocenters. The molecule has 1 aromatic heterocycles. The molecule has 1 aliphatic rings. The summed E-state index contributed by atoms with van der Waals surface area (Å²) in [7, 11) is 0. The van der Waals surface area contributed by atoms with Gasteiger partial charge in [-0.1, -0.05) is 25.7 Å². The van der Waals surface area contributed by atoms with Gasteiger partial charge in [-0.15, -0.1) is 0 Å². The molecule has 1 fully saturated rings. The first-order chi connectivity index (χ1) is 7.75. The summed E-state index contributed by atoms with van der Waals surface area (Å²) in [6, 6.07) is 1.83. The van der Waals surface area contributed by atoms with E-state index in [2.05, 4.69) is 26.2 Å². The van der Waals surface area contributed by atoms with E-state index in [1.165, 1.54) is 31.7 Å². The van der Waals surface area contributed by atoms with Gasteiger partial charge in [-0.05, 0) is 34.8 Å². The number of nitrogens with zero attached hydrogens (tertiary/aromatic N) is 1. The molecule has 1 aliphatic carbocycles. The molecular formula is C12H16BrFN2. The van der Waals surface area contributed by atoms with Crippen LogP contribution >= 0.6 is 15.9 Å². The normalized spacial score (nSPS) is 18.1. The van der Waals surface area contributed by atoms with Gasteiger partial charge in [0.15, 0.2) is 11.6 Å². The van der Waals surface area contributed by atoms with Crippen molar-refractivity contribution in [3.63, 3.8) is 0 Å². The van der Waals surface area contributed by atoms with Crippen molar-refractivity contribution in [3.8, 4) is 0 Å². The molecule has 0 radical (unpaired) electrons. The number of anilines is 1. The lowest BCUT2D eigenvalue weighted by Gasteiger charge is -2.17. The average molecular weight is 287 g/mol. The van der Waals surface area contributed by atoms with Crippen molar-refractivity contribution in [1.82, 2.24) is 4.98 Å². The van der Waals surface area contributed by atoms with Crippen LogP contribution in [0.15, 0.2) is 16.7 Å². The van der Waals surface area contributed by atoms with Crippen molar-refractivity contribution in [2.45, 2.75) is 44.6 Å². The van der Waals surface area contributed by atoms with Crippen molar-refractivity contribution in [3.05, 3.63) is 22.6 Å². The van der Waals surface area contributed by atoms with Crippen LogP contribution in [0.25, 0.3) is 0 Å². The minimum absolute atomic E-state index is 0.279. The summed E-state index contributed by atoms with van der Waals surface area (Å²) in [6.45, 7) is 0. The molecule has 0 saturated heterocycles. The van der Waals surface area contributed by atoms with Gasteiger partial charge in [-0.25, -0.2) is 9.37 Å². The minimum atomic E-state index is -0.279. The van der Waals surface area contributed by atoms with Crippen LogP contribution in [-0.4, -0.2) is 11.0 Å². The van der Waals surface area contributed by atoms with Gasteiger partial charge in [0.25, 0.3) is 0 Å². The van der Waals surface area contributed by atoms with Crippen LogP contribution in [0.1, 0.15) is 38.5 Å². The molecule has 1 heterocycles. The van der Waals surface area contributed by atoms with Crippen LogP contribution in [0.5, 0.6) is 0 Å². The maximum absolute atomic E-state index is 13.6. The molecule has 88 valence electrons. The Labute approximate surface area is 104 Å². The van der Waals surface area contributed by atoms with Gasteiger partial charge in [-0.3, -0.25) is 0 Å². The van der Waals surface area contributed by atoms with E-state index >= 15 is 0 Å². The summed E-state index contributed by atoms with van der Waals surface area (Å²) < 4.78 is 14.2. The molecule has 0 amide bonds. The fourth-order valence-corrected chi connectivity index (χ4v) is 2.44. The van der Waals surface area contributed by atoms with Crippen LogP contribution in [0, 0.1) is 5.82 Å². The summed E-state index contributed by atoms with van der Waals surface area (Å²) in [6.07, 6.45) is 8.94. The second kappa shape index (κ2) is 5.62. The summed E-state index contributed by atoms with van der Waals surface area (Å²) in [5, 5.41) is 3.21. The Morgan fingerprint density at radius 2 is 1.94 bits per heavy atom. The number of aromatic nitrogens is 1. The molecule has 0 aromatic carbocycles. The Morgan fingerprint density at radius 1 is 1.25 bits per heavy atom. The van der Waals surface area contributed by atoms with Crippen molar-refractivity contribution in [2.24, 2.45) is 0 Å². The third-order valence-corrected chi connectivity index (χ3v) is 3.44. The van der Waals surface area contributed by atoms with Crippen molar-refractivity contribution >= 4 is 21.7 Å². The van der Waals surface area contributed by atoms with E-state index in [1.54, 1.807) is 6.20 Å². The van der Waals surface area contributed by atoms with E-state index in [9.17, 15) is 4.39 Å². The van der Waals surface area contributed by atoms with Crippen LogP contribution in [0.2, 0.25) is 0 Å². The fourth-order valence-electron chi connectivity index (χ4n) is 2.14. The molecule has 1 aromatic rings. The first-order valence-corrected chi connectivity index (χ1v) is 6.62. The first kappa shape index (κ1) is 11.8. The molecule has 4 heteroatoms. The molecule has 2 rings (SSSR count). The lowest BCUT2D eigenvalue weighted by atomic mass is 10.1. The summed E-state index contributed by atoms with van der Waals surface area (Å²) in [5.41, 5.74) is 0. The van der Waals surface area contributed by atoms with Gasteiger partial charge in [0.2, 0.25) is 0 Å². The molecule has 0 unspecified atom stereocenters. The average Bonchev–Trinajstić information content (AvgIpc) is 2.51. The number of hydrogen-bond acceptors (Lipinski definition) is 2. The highest BCUT2D eigenvalue weighted by atomic mass is 79.9.